The van der Waals surface area contributed by atoms with Gasteiger partial charge in [-0.1, -0.05) is 6.07 Å². The number of hydrogen-bond acceptors (Lipinski definition) is 3. The molecule has 4 heteroatoms. The lowest BCUT2D eigenvalue weighted by Crippen LogP contribution is -2.07. The van der Waals surface area contributed by atoms with E-state index in [2.05, 4.69) is 5.32 Å². The molecular weight excluding hydrogens is 245 g/mol. The van der Waals surface area contributed by atoms with Crippen molar-refractivity contribution in [1.82, 2.24) is 0 Å². The van der Waals surface area contributed by atoms with Crippen molar-refractivity contribution < 1.29 is 14.6 Å². The summed E-state index contributed by atoms with van der Waals surface area (Å²) < 4.78 is 13.2. The molecule has 3 N–H and O–H groups in total. The van der Waals surface area contributed by atoms with Gasteiger partial charge in [-0.2, -0.15) is 0 Å². The van der Waals surface area contributed by atoms with Crippen LogP contribution in [-0.4, -0.2) is 10.2 Å². The number of nitrogens with one attached hydrogen (secondary N) is 1. The Morgan fingerprint density at radius 2 is 1.68 bits per heavy atom. The van der Waals surface area contributed by atoms with E-state index in [1.165, 1.54) is 18.2 Å². The normalized spacial score (nSPS) is 12.2. The molecule has 0 aliphatic rings. The summed E-state index contributed by atoms with van der Waals surface area (Å²) in [6, 6.07) is 8.75. The molecule has 0 amide bonds. The molecule has 3 nitrogen and oxygen atoms in total. The van der Waals surface area contributed by atoms with Crippen molar-refractivity contribution in [3.8, 4) is 11.5 Å². The lowest BCUT2D eigenvalue weighted by molar-refractivity contribution is 0.448. The van der Waals surface area contributed by atoms with Gasteiger partial charge >= 0.3 is 0 Å². The van der Waals surface area contributed by atoms with E-state index >= 15 is 0 Å². The molecule has 0 saturated carbocycles. The van der Waals surface area contributed by atoms with Crippen molar-refractivity contribution in [2.24, 2.45) is 0 Å². The smallest absolute Gasteiger partial charge is 0.125 e. The van der Waals surface area contributed by atoms with E-state index in [0.29, 0.717) is 5.69 Å². The van der Waals surface area contributed by atoms with Gasteiger partial charge in [-0.15, -0.1) is 0 Å². The molecule has 0 fully saturated rings. The topological polar surface area (TPSA) is 52.5 Å². The molecule has 19 heavy (non-hydrogen) atoms. The zero-order chi connectivity index (χ0) is 14.0. The SMILES string of the molecule is Cc1ccc(F)cc1NC(C)c1cc(O)cc(O)c1. The van der Waals surface area contributed by atoms with Crippen molar-refractivity contribution in [3.63, 3.8) is 0 Å². The van der Waals surface area contributed by atoms with Crippen molar-refractivity contribution in [2.75, 3.05) is 5.32 Å². The van der Waals surface area contributed by atoms with Crippen molar-refractivity contribution in [3.05, 3.63) is 53.3 Å². The quantitative estimate of drug-likeness (QED) is 0.789. The monoisotopic (exact) mass is 261 g/mol. The van der Waals surface area contributed by atoms with Gasteiger partial charge < -0.3 is 15.5 Å². The lowest BCUT2D eigenvalue weighted by Gasteiger charge is -2.18. The third-order valence-corrected chi connectivity index (χ3v) is 3.00. The van der Waals surface area contributed by atoms with Crippen LogP contribution in [0.2, 0.25) is 0 Å². The summed E-state index contributed by atoms with van der Waals surface area (Å²) in [6.07, 6.45) is 0. The fourth-order valence-electron chi connectivity index (χ4n) is 1.93. The van der Waals surface area contributed by atoms with E-state index in [0.717, 1.165) is 11.1 Å². The fourth-order valence-corrected chi connectivity index (χ4v) is 1.93. The number of halogens is 1. The van der Waals surface area contributed by atoms with E-state index in [4.69, 9.17) is 0 Å². The molecule has 0 saturated heterocycles. The first-order valence-corrected chi connectivity index (χ1v) is 6.01. The summed E-state index contributed by atoms with van der Waals surface area (Å²) in [5.41, 5.74) is 2.34. The van der Waals surface area contributed by atoms with Gasteiger partial charge in [-0.25, -0.2) is 4.39 Å². The predicted molar refractivity (Wildman–Crippen MR) is 72.9 cm³/mol. The van der Waals surface area contributed by atoms with Crippen LogP contribution in [0.1, 0.15) is 24.1 Å². The van der Waals surface area contributed by atoms with E-state index in [1.807, 2.05) is 13.8 Å². The van der Waals surface area contributed by atoms with Crippen LogP contribution in [0.5, 0.6) is 11.5 Å². The van der Waals surface area contributed by atoms with E-state index in [9.17, 15) is 14.6 Å². The van der Waals surface area contributed by atoms with Gasteiger partial charge in [-0.3, -0.25) is 0 Å². The number of phenols is 2. The Bertz CT molecular complexity index is 578. The van der Waals surface area contributed by atoms with Crippen LogP contribution in [0, 0.1) is 12.7 Å². The number of phenolic OH excluding ortho intramolecular Hbond substituents is 2. The average molecular weight is 261 g/mol. The molecule has 0 aromatic heterocycles. The zero-order valence-electron chi connectivity index (χ0n) is 10.8. The number of hydrogen-bond donors (Lipinski definition) is 3. The number of aryl methyl sites for hydroxylation is 1. The molecule has 2 aromatic rings. The van der Waals surface area contributed by atoms with Crippen LogP contribution in [0.15, 0.2) is 36.4 Å². The van der Waals surface area contributed by atoms with Gasteiger partial charge in [0.15, 0.2) is 0 Å². The molecule has 2 rings (SSSR count). The highest BCUT2D eigenvalue weighted by atomic mass is 19.1. The standard InChI is InChI=1S/C15H16FNO2/c1-9-3-4-12(16)7-15(9)17-10(2)11-5-13(18)8-14(19)6-11/h3-8,10,17-19H,1-2H3. The first kappa shape index (κ1) is 13.2. The average Bonchev–Trinajstić information content (AvgIpc) is 2.32. The third-order valence-electron chi connectivity index (χ3n) is 3.00. The van der Waals surface area contributed by atoms with Crippen LogP contribution in [0.3, 0.4) is 0 Å². The van der Waals surface area contributed by atoms with Gasteiger partial charge in [0, 0.05) is 17.8 Å². The summed E-state index contributed by atoms with van der Waals surface area (Å²) in [5, 5.41) is 22.1. The summed E-state index contributed by atoms with van der Waals surface area (Å²) in [5.74, 6) is -0.307. The number of anilines is 1. The van der Waals surface area contributed by atoms with Gasteiger partial charge in [0.1, 0.15) is 17.3 Å². The summed E-state index contributed by atoms with van der Waals surface area (Å²) >= 11 is 0. The van der Waals surface area contributed by atoms with Gasteiger partial charge in [-0.05, 0) is 49.2 Å². The van der Waals surface area contributed by atoms with E-state index in [-0.39, 0.29) is 23.4 Å². The Morgan fingerprint density at radius 1 is 1.05 bits per heavy atom. The second-order valence-corrected chi connectivity index (χ2v) is 4.61. The Hall–Kier alpha value is -2.23. The van der Waals surface area contributed by atoms with Crippen LogP contribution < -0.4 is 5.32 Å². The molecule has 0 aliphatic carbocycles. The molecule has 0 spiro atoms. The highest BCUT2D eigenvalue weighted by molar-refractivity contribution is 5.53. The Morgan fingerprint density at radius 3 is 2.32 bits per heavy atom. The Kier molecular flexibility index (Phi) is 3.60. The number of aromatic hydroxyl groups is 2. The summed E-state index contributed by atoms with van der Waals surface area (Å²) in [6.45, 7) is 3.76. The molecule has 0 heterocycles. The largest absolute Gasteiger partial charge is 0.508 e. The Balaban J connectivity index is 2.25. The number of benzene rings is 2. The van der Waals surface area contributed by atoms with Crippen LogP contribution in [0.4, 0.5) is 10.1 Å². The molecule has 2 aromatic carbocycles. The zero-order valence-corrected chi connectivity index (χ0v) is 10.8. The van der Waals surface area contributed by atoms with Crippen LogP contribution >= 0.6 is 0 Å². The molecule has 0 bridgehead atoms. The maximum absolute atomic E-state index is 13.2. The van der Waals surface area contributed by atoms with Crippen molar-refractivity contribution in [2.45, 2.75) is 19.9 Å². The minimum absolute atomic E-state index is 0.000357. The summed E-state index contributed by atoms with van der Waals surface area (Å²) in [4.78, 5) is 0. The van der Waals surface area contributed by atoms with Crippen molar-refractivity contribution >= 4 is 5.69 Å². The third kappa shape index (κ3) is 3.16. The predicted octanol–water partition coefficient (Wildman–Crippen LogP) is 3.72. The first-order valence-electron chi connectivity index (χ1n) is 6.01. The van der Waals surface area contributed by atoms with Crippen molar-refractivity contribution in [1.29, 1.82) is 0 Å². The molecule has 0 radical (unpaired) electrons. The van der Waals surface area contributed by atoms with Crippen LogP contribution in [-0.2, 0) is 0 Å². The fraction of sp³-hybridized carbons (Fsp3) is 0.200. The Labute approximate surface area is 111 Å². The van der Waals surface area contributed by atoms with Gasteiger partial charge in [0.05, 0.1) is 0 Å². The molecule has 0 aliphatic heterocycles. The highest BCUT2D eigenvalue weighted by Crippen LogP contribution is 2.28. The van der Waals surface area contributed by atoms with Gasteiger partial charge in [0.25, 0.3) is 0 Å². The molecule has 1 atom stereocenters. The van der Waals surface area contributed by atoms with Crippen LogP contribution in [0.25, 0.3) is 0 Å². The maximum atomic E-state index is 13.2. The first-order chi connectivity index (χ1) is 8.95. The molecule has 100 valence electrons. The molecular formula is C15H16FNO2. The minimum atomic E-state index is -0.306. The van der Waals surface area contributed by atoms with Gasteiger partial charge in [0.2, 0.25) is 0 Å². The highest BCUT2D eigenvalue weighted by Gasteiger charge is 2.10. The maximum Gasteiger partial charge on any atom is 0.125 e. The summed E-state index contributed by atoms with van der Waals surface area (Å²) in [7, 11) is 0. The molecule has 1 unspecified atom stereocenters. The second kappa shape index (κ2) is 5.18. The van der Waals surface area contributed by atoms with E-state index in [1.54, 1.807) is 18.2 Å². The second-order valence-electron chi connectivity index (χ2n) is 4.61. The number of rotatable bonds is 3. The van der Waals surface area contributed by atoms with E-state index < -0.39 is 0 Å². The minimum Gasteiger partial charge on any atom is -0.508 e. The lowest BCUT2D eigenvalue weighted by atomic mass is 10.1.